The van der Waals surface area contributed by atoms with Crippen LogP contribution in [-0.2, 0) is 9.59 Å². The first-order chi connectivity index (χ1) is 14.4. The van der Waals surface area contributed by atoms with Gasteiger partial charge in [0.2, 0.25) is 0 Å². The van der Waals surface area contributed by atoms with Crippen LogP contribution in [-0.4, -0.2) is 31.1 Å². The zero-order valence-electron chi connectivity index (χ0n) is 16.2. The third kappa shape index (κ3) is 4.60. The van der Waals surface area contributed by atoms with E-state index in [2.05, 4.69) is 27.8 Å². The molecule has 1 aliphatic rings. The molecule has 8 heteroatoms. The summed E-state index contributed by atoms with van der Waals surface area (Å²) in [6, 6.07) is 10.8. The van der Waals surface area contributed by atoms with Gasteiger partial charge in [-0.05, 0) is 55.0 Å². The minimum atomic E-state index is -0.798. The molecule has 3 rings (SSSR count). The SMILES string of the molecule is C=CCOc1ccc(/C=C2\C(=O)NC(=O)N(c3ccc(Br)cc3)C2=O)cc1OCC. The third-order valence-corrected chi connectivity index (χ3v) is 4.65. The first-order valence-electron chi connectivity index (χ1n) is 9.12. The molecular formula is C22H19BrN2O5. The highest BCUT2D eigenvalue weighted by molar-refractivity contribution is 9.10. The van der Waals surface area contributed by atoms with Gasteiger partial charge in [0.05, 0.1) is 12.3 Å². The molecule has 0 atom stereocenters. The van der Waals surface area contributed by atoms with Gasteiger partial charge in [-0.3, -0.25) is 14.9 Å². The van der Waals surface area contributed by atoms with Gasteiger partial charge in [-0.15, -0.1) is 0 Å². The number of benzene rings is 2. The number of anilines is 1. The normalized spacial score (nSPS) is 15.2. The van der Waals surface area contributed by atoms with Crippen molar-refractivity contribution < 1.29 is 23.9 Å². The molecule has 1 saturated heterocycles. The summed E-state index contributed by atoms with van der Waals surface area (Å²) in [5.41, 5.74) is 0.731. The molecule has 0 saturated carbocycles. The number of barbiturate groups is 1. The van der Waals surface area contributed by atoms with Gasteiger partial charge in [0, 0.05) is 4.47 Å². The zero-order valence-corrected chi connectivity index (χ0v) is 17.8. The van der Waals surface area contributed by atoms with Crippen molar-refractivity contribution in [2.24, 2.45) is 0 Å². The second-order valence-corrected chi connectivity index (χ2v) is 7.09. The van der Waals surface area contributed by atoms with Gasteiger partial charge >= 0.3 is 6.03 Å². The minimum absolute atomic E-state index is 0.167. The number of imide groups is 2. The molecule has 0 unspecified atom stereocenters. The summed E-state index contributed by atoms with van der Waals surface area (Å²) in [5.74, 6) is -0.484. The standard InChI is InChI=1S/C22H19BrN2O5/c1-3-11-30-18-10-5-14(13-19(18)29-4-2)12-17-20(26)24-22(28)25(21(17)27)16-8-6-15(23)7-9-16/h3,5-10,12-13H,1,4,11H2,2H3,(H,24,26,28)/b17-12+. The lowest BCUT2D eigenvalue weighted by atomic mass is 10.1. The average molecular weight is 471 g/mol. The number of carbonyl (C=O) groups excluding carboxylic acids is 3. The molecule has 0 spiro atoms. The quantitative estimate of drug-likeness (QED) is 0.374. The van der Waals surface area contributed by atoms with Crippen LogP contribution >= 0.6 is 15.9 Å². The topological polar surface area (TPSA) is 84.9 Å². The summed E-state index contributed by atoms with van der Waals surface area (Å²) in [6.45, 7) is 6.17. The largest absolute Gasteiger partial charge is 0.490 e. The monoisotopic (exact) mass is 470 g/mol. The number of halogens is 1. The van der Waals surface area contributed by atoms with E-state index in [4.69, 9.17) is 9.47 Å². The van der Waals surface area contributed by atoms with Crippen LogP contribution in [0.2, 0.25) is 0 Å². The Kier molecular flexibility index (Phi) is 6.68. The fourth-order valence-corrected chi connectivity index (χ4v) is 3.06. The Morgan fingerprint density at radius 1 is 1.07 bits per heavy atom. The van der Waals surface area contributed by atoms with Gasteiger partial charge in [-0.2, -0.15) is 0 Å². The van der Waals surface area contributed by atoms with Gasteiger partial charge in [0.25, 0.3) is 11.8 Å². The number of carbonyl (C=O) groups is 3. The summed E-state index contributed by atoms with van der Waals surface area (Å²) in [7, 11) is 0. The summed E-state index contributed by atoms with van der Waals surface area (Å²) in [5, 5.41) is 2.20. The lowest BCUT2D eigenvalue weighted by molar-refractivity contribution is -0.122. The number of amides is 4. The number of urea groups is 1. The van der Waals surface area contributed by atoms with Crippen molar-refractivity contribution in [2.45, 2.75) is 6.92 Å². The van der Waals surface area contributed by atoms with Crippen molar-refractivity contribution in [1.82, 2.24) is 5.32 Å². The van der Waals surface area contributed by atoms with Crippen LogP contribution in [0.3, 0.4) is 0 Å². The smallest absolute Gasteiger partial charge is 0.335 e. The molecule has 0 aromatic heterocycles. The Morgan fingerprint density at radius 2 is 1.80 bits per heavy atom. The molecule has 0 radical (unpaired) electrons. The highest BCUT2D eigenvalue weighted by atomic mass is 79.9. The maximum atomic E-state index is 13.0. The van der Waals surface area contributed by atoms with Crippen LogP contribution in [0.15, 0.2) is 65.2 Å². The van der Waals surface area contributed by atoms with Gasteiger partial charge < -0.3 is 9.47 Å². The Morgan fingerprint density at radius 3 is 2.47 bits per heavy atom. The van der Waals surface area contributed by atoms with Gasteiger partial charge in [-0.25, -0.2) is 9.69 Å². The molecule has 0 bridgehead atoms. The van der Waals surface area contributed by atoms with E-state index < -0.39 is 17.8 Å². The number of nitrogens with one attached hydrogen (secondary N) is 1. The first-order valence-corrected chi connectivity index (χ1v) is 9.91. The molecule has 1 N–H and O–H groups in total. The Balaban J connectivity index is 1.96. The summed E-state index contributed by atoms with van der Waals surface area (Å²) >= 11 is 3.31. The van der Waals surface area contributed by atoms with Gasteiger partial charge in [0.15, 0.2) is 11.5 Å². The van der Waals surface area contributed by atoms with E-state index in [0.29, 0.717) is 36.0 Å². The number of rotatable bonds is 7. The molecule has 2 aromatic carbocycles. The summed E-state index contributed by atoms with van der Waals surface area (Å²) < 4.78 is 11.9. The van der Waals surface area contributed by atoms with Crippen molar-refractivity contribution >= 4 is 45.5 Å². The molecular weight excluding hydrogens is 452 g/mol. The summed E-state index contributed by atoms with van der Waals surface area (Å²) in [4.78, 5) is 38.5. The number of hydrogen-bond donors (Lipinski definition) is 1. The molecule has 154 valence electrons. The van der Waals surface area contributed by atoms with E-state index in [0.717, 1.165) is 9.37 Å². The molecule has 2 aromatic rings. The molecule has 1 fully saturated rings. The van der Waals surface area contributed by atoms with E-state index in [-0.39, 0.29) is 5.57 Å². The Hall–Kier alpha value is -3.39. The van der Waals surface area contributed by atoms with Gasteiger partial charge in [-0.1, -0.05) is 34.7 Å². The fourth-order valence-electron chi connectivity index (χ4n) is 2.80. The third-order valence-electron chi connectivity index (χ3n) is 4.12. The maximum Gasteiger partial charge on any atom is 0.335 e. The average Bonchev–Trinajstić information content (AvgIpc) is 2.72. The van der Waals surface area contributed by atoms with Crippen molar-refractivity contribution in [3.8, 4) is 11.5 Å². The molecule has 1 heterocycles. The van der Waals surface area contributed by atoms with Crippen LogP contribution in [0.5, 0.6) is 11.5 Å². The van der Waals surface area contributed by atoms with Crippen molar-refractivity contribution in [3.05, 3.63) is 70.7 Å². The van der Waals surface area contributed by atoms with Crippen LogP contribution in [0, 0.1) is 0 Å². The van der Waals surface area contributed by atoms with Crippen molar-refractivity contribution in [2.75, 3.05) is 18.1 Å². The van der Waals surface area contributed by atoms with Crippen LogP contribution < -0.4 is 19.7 Å². The van der Waals surface area contributed by atoms with E-state index in [1.165, 1.54) is 6.08 Å². The predicted molar refractivity (Wildman–Crippen MR) is 116 cm³/mol. The molecule has 30 heavy (non-hydrogen) atoms. The van der Waals surface area contributed by atoms with E-state index in [1.807, 2.05) is 6.92 Å². The Bertz CT molecular complexity index is 1030. The predicted octanol–water partition coefficient (Wildman–Crippen LogP) is 4.08. The lowest BCUT2D eigenvalue weighted by Gasteiger charge is -2.26. The number of ether oxygens (including phenoxy) is 2. The zero-order chi connectivity index (χ0) is 21.7. The van der Waals surface area contributed by atoms with Gasteiger partial charge in [0.1, 0.15) is 12.2 Å². The molecule has 0 aliphatic carbocycles. The highest BCUT2D eigenvalue weighted by Gasteiger charge is 2.36. The first kappa shape index (κ1) is 21.3. The van der Waals surface area contributed by atoms with Crippen LogP contribution in [0.4, 0.5) is 10.5 Å². The van der Waals surface area contributed by atoms with Crippen LogP contribution in [0.1, 0.15) is 12.5 Å². The van der Waals surface area contributed by atoms with Crippen LogP contribution in [0.25, 0.3) is 6.08 Å². The van der Waals surface area contributed by atoms with E-state index in [9.17, 15) is 14.4 Å². The molecule has 1 aliphatic heterocycles. The second kappa shape index (κ2) is 9.41. The van der Waals surface area contributed by atoms with E-state index >= 15 is 0 Å². The second-order valence-electron chi connectivity index (χ2n) is 6.17. The highest BCUT2D eigenvalue weighted by Crippen LogP contribution is 2.30. The number of hydrogen-bond acceptors (Lipinski definition) is 5. The Labute approximate surface area is 182 Å². The lowest BCUT2D eigenvalue weighted by Crippen LogP contribution is -2.54. The van der Waals surface area contributed by atoms with Crippen molar-refractivity contribution in [1.29, 1.82) is 0 Å². The summed E-state index contributed by atoms with van der Waals surface area (Å²) in [6.07, 6.45) is 3.03. The molecule has 4 amide bonds. The minimum Gasteiger partial charge on any atom is -0.490 e. The fraction of sp³-hybridized carbons (Fsp3) is 0.136. The molecule has 7 nitrogen and oxygen atoms in total. The number of nitrogens with zero attached hydrogens (tertiary/aromatic N) is 1. The van der Waals surface area contributed by atoms with Crippen molar-refractivity contribution in [3.63, 3.8) is 0 Å². The maximum absolute atomic E-state index is 13.0. The van der Waals surface area contributed by atoms with E-state index in [1.54, 1.807) is 48.5 Å².